The highest BCUT2D eigenvalue weighted by molar-refractivity contribution is 5.60. The lowest BCUT2D eigenvalue weighted by Gasteiger charge is -2.04. The van der Waals surface area contributed by atoms with Gasteiger partial charge in [0.15, 0.2) is 5.82 Å². The van der Waals surface area contributed by atoms with Gasteiger partial charge in [-0.25, -0.2) is 9.97 Å². The minimum absolute atomic E-state index is 0.800. The molecule has 2 nitrogen and oxygen atoms in total. The van der Waals surface area contributed by atoms with E-state index in [1.807, 2.05) is 6.07 Å². The monoisotopic (exact) mass is 184 g/mol. The summed E-state index contributed by atoms with van der Waals surface area (Å²) in [5.41, 5.74) is 3.56. The van der Waals surface area contributed by atoms with Gasteiger partial charge in [-0.05, 0) is 31.5 Å². The van der Waals surface area contributed by atoms with Crippen LogP contribution in [-0.2, 0) is 0 Å². The first-order valence-corrected chi connectivity index (χ1v) is 4.62. The molecule has 1 aromatic heterocycles. The highest BCUT2D eigenvalue weighted by Crippen LogP contribution is 2.19. The van der Waals surface area contributed by atoms with Crippen molar-refractivity contribution < 1.29 is 0 Å². The largest absolute Gasteiger partial charge is 0.237 e. The van der Waals surface area contributed by atoms with Crippen molar-refractivity contribution in [2.24, 2.45) is 0 Å². The molecular formula is C12H12N2. The van der Waals surface area contributed by atoms with Crippen molar-refractivity contribution in [3.05, 3.63) is 47.8 Å². The van der Waals surface area contributed by atoms with Crippen LogP contribution in [0, 0.1) is 13.8 Å². The van der Waals surface area contributed by atoms with E-state index in [0.717, 1.165) is 11.4 Å². The molecule has 0 unspecified atom stereocenters. The number of hydrogen-bond acceptors (Lipinski definition) is 2. The zero-order valence-corrected chi connectivity index (χ0v) is 8.36. The van der Waals surface area contributed by atoms with Crippen LogP contribution < -0.4 is 0 Å². The molecule has 0 N–H and O–H groups in total. The molecular weight excluding hydrogens is 172 g/mol. The van der Waals surface area contributed by atoms with E-state index in [2.05, 4.69) is 42.0 Å². The molecule has 0 radical (unpaired) electrons. The Kier molecular flexibility index (Phi) is 2.27. The second-order valence-corrected chi connectivity index (χ2v) is 3.39. The van der Waals surface area contributed by atoms with Crippen molar-refractivity contribution in [2.45, 2.75) is 13.8 Å². The van der Waals surface area contributed by atoms with Crippen LogP contribution in [-0.4, -0.2) is 9.97 Å². The predicted octanol–water partition coefficient (Wildman–Crippen LogP) is 2.76. The van der Waals surface area contributed by atoms with Crippen molar-refractivity contribution in [3.63, 3.8) is 0 Å². The van der Waals surface area contributed by atoms with Crippen LogP contribution in [0.2, 0.25) is 0 Å². The molecule has 0 amide bonds. The summed E-state index contributed by atoms with van der Waals surface area (Å²) in [6, 6.07) is 8.14. The predicted molar refractivity (Wildman–Crippen MR) is 56.9 cm³/mol. The molecule has 2 aromatic rings. The van der Waals surface area contributed by atoms with Gasteiger partial charge in [-0.15, -0.1) is 0 Å². The molecule has 0 bridgehead atoms. The smallest absolute Gasteiger partial charge is 0.159 e. The highest BCUT2D eigenvalue weighted by Gasteiger charge is 2.03. The summed E-state index contributed by atoms with van der Waals surface area (Å²) in [6.07, 6.45) is 3.54. The van der Waals surface area contributed by atoms with E-state index < -0.39 is 0 Å². The van der Waals surface area contributed by atoms with E-state index >= 15 is 0 Å². The van der Waals surface area contributed by atoms with Gasteiger partial charge in [0.25, 0.3) is 0 Å². The molecule has 2 rings (SSSR count). The molecule has 0 aliphatic rings. The molecule has 0 saturated carbocycles. The van der Waals surface area contributed by atoms with Crippen LogP contribution in [0.3, 0.4) is 0 Å². The Balaban J connectivity index is 2.57. The number of rotatable bonds is 1. The van der Waals surface area contributed by atoms with E-state index in [1.165, 1.54) is 11.1 Å². The van der Waals surface area contributed by atoms with Crippen molar-refractivity contribution >= 4 is 0 Å². The molecule has 70 valence electrons. The fourth-order valence-corrected chi connectivity index (χ4v) is 1.41. The van der Waals surface area contributed by atoms with E-state index in [9.17, 15) is 0 Å². The lowest BCUT2D eigenvalue weighted by Crippen LogP contribution is -1.90. The van der Waals surface area contributed by atoms with Crippen LogP contribution in [0.1, 0.15) is 11.1 Å². The molecule has 0 saturated heterocycles. The van der Waals surface area contributed by atoms with Crippen LogP contribution in [0.15, 0.2) is 36.7 Å². The molecule has 0 aliphatic heterocycles. The van der Waals surface area contributed by atoms with Gasteiger partial charge in [-0.3, -0.25) is 0 Å². The normalized spacial score (nSPS) is 10.1. The summed E-state index contributed by atoms with van der Waals surface area (Å²) >= 11 is 0. The van der Waals surface area contributed by atoms with Gasteiger partial charge >= 0.3 is 0 Å². The van der Waals surface area contributed by atoms with E-state index in [4.69, 9.17) is 0 Å². The molecule has 0 atom stereocenters. The molecule has 2 heteroatoms. The molecule has 0 spiro atoms. The van der Waals surface area contributed by atoms with Crippen molar-refractivity contribution in [3.8, 4) is 11.4 Å². The van der Waals surface area contributed by atoms with Crippen molar-refractivity contribution in [1.82, 2.24) is 9.97 Å². The maximum absolute atomic E-state index is 4.24. The van der Waals surface area contributed by atoms with Gasteiger partial charge in [-0.1, -0.05) is 17.7 Å². The zero-order valence-electron chi connectivity index (χ0n) is 8.36. The minimum Gasteiger partial charge on any atom is -0.237 e. The fraction of sp³-hybridized carbons (Fsp3) is 0.167. The topological polar surface area (TPSA) is 25.8 Å². The van der Waals surface area contributed by atoms with Gasteiger partial charge in [0.2, 0.25) is 0 Å². The number of nitrogens with zero attached hydrogens (tertiary/aromatic N) is 2. The number of benzene rings is 1. The van der Waals surface area contributed by atoms with Crippen molar-refractivity contribution in [1.29, 1.82) is 0 Å². The standard InChI is InChI=1S/C12H12N2/c1-9-4-5-10(2)11(8-9)12-13-6-3-7-14-12/h3-8H,1-2H3. The van der Waals surface area contributed by atoms with Gasteiger partial charge in [0, 0.05) is 18.0 Å². The van der Waals surface area contributed by atoms with E-state index in [0.29, 0.717) is 0 Å². The van der Waals surface area contributed by atoms with Crippen LogP contribution in [0.5, 0.6) is 0 Å². The second-order valence-electron chi connectivity index (χ2n) is 3.39. The first-order valence-electron chi connectivity index (χ1n) is 4.62. The van der Waals surface area contributed by atoms with Gasteiger partial charge in [0.1, 0.15) is 0 Å². The second kappa shape index (κ2) is 3.58. The zero-order chi connectivity index (χ0) is 9.97. The molecule has 1 heterocycles. The molecule has 14 heavy (non-hydrogen) atoms. The van der Waals surface area contributed by atoms with Crippen molar-refractivity contribution in [2.75, 3.05) is 0 Å². The summed E-state index contributed by atoms with van der Waals surface area (Å²) in [6.45, 7) is 4.15. The van der Waals surface area contributed by atoms with E-state index in [1.54, 1.807) is 12.4 Å². The Morgan fingerprint density at radius 1 is 1.00 bits per heavy atom. The SMILES string of the molecule is Cc1ccc(C)c(-c2ncccn2)c1. The fourth-order valence-electron chi connectivity index (χ4n) is 1.41. The summed E-state index contributed by atoms with van der Waals surface area (Å²) in [5, 5.41) is 0. The lowest BCUT2D eigenvalue weighted by molar-refractivity contribution is 1.16. The quantitative estimate of drug-likeness (QED) is 0.681. The number of aromatic nitrogens is 2. The third-order valence-electron chi connectivity index (χ3n) is 2.20. The summed E-state index contributed by atoms with van der Waals surface area (Å²) in [7, 11) is 0. The summed E-state index contributed by atoms with van der Waals surface area (Å²) in [5.74, 6) is 0.800. The maximum Gasteiger partial charge on any atom is 0.159 e. The van der Waals surface area contributed by atoms with Gasteiger partial charge in [0.05, 0.1) is 0 Å². The van der Waals surface area contributed by atoms with Crippen LogP contribution in [0.4, 0.5) is 0 Å². The third-order valence-corrected chi connectivity index (χ3v) is 2.20. The third kappa shape index (κ3) is 1.64. The van der Waals surface area contributed by atoms with E-state index in [-0.39, 0.29) is 0 Å². The Hall–Kier alpha value is -1.70. The average Bonchev–Trinajstić information content (AvgIpc) is 2.23. The lowest BCUT2D eigenvalue weighted by atomic mass is 10.1. The number of aryl methyl sites for hydroxylation is 2. The van der Waals surface area contributed by atoms with Gasteiger partial charge in [-0.2, -0.15) is 0 Å². The average molecular weight is 184 g/mol. The highest BCUT2D eigenvalue weighted by atomic mass is 14.8. The van der Waals surface area contributed by atoms with Crippen LogP contribution in [0.25, 0.3) is 11.4 Å². The Morgan fingerprint density at radius 2 is 1.71 bits per heavy atom. The summed E-state index contributed by atoms with van der Waals surface area (Å²) in [4.78, 5) is 8.48. The molecule has 0 fully saturated rings. The minimum atomic E-state index is 0.800. The Labute approximate surface area is 83.7 Å². The van der Waals surface area contributed by atoms with Gasteiger partial charge < -0.3 is 0 Å². The molecule has 0 aliphatic carbocycles. The first kappa shape index (κ1) is 8.88. The maximum atomic E-state index is 4.24. The summed E-state index contributed by atoms with van der Waals surface area (Å²) < 4.78 is 0. The number of hydrogen-bond donors (Lipinski definition) is 0. The first-order chi connectivity index (χ1) is 6.77. The molecule has 1 aromatic carbocycles. The van der Waals surface area contributed by atoms with Crippen LogP contribution >= 0.6 is 0 Å². The Morgan fingerprint density at radius 3 is 2.43 bits per heavy atom. The Bertz CT molecular complexity index is 435.